The summed E-state index contributed by atoms with van der Waals surface area (Å²) in [6.45, 7) is 4.02. The quantitative estimate of drug-likeness (QED) is 0.405. The smallest absolute Gasteiger partial charge is 0.365 e. The van der Waals surface area contributed by atoms with Crippen LogP contribution in [-0.2, 0) is 17.8 Å². The first-order valence-corrected chi connectivity index (χ1v) is 13.5. The van der Waals surface area contributed by atoms with Crippen LogP contribution in [0.25, 0.3) is 10.2 Å². The number of hydrogen-bond acceptors (Lipinski definition) is 7. The van der Waals surface area contributed by atoms with Crippen LogP contribution < -0.4 is 10.6 Å². The lowest BCUT2D eigenvalue weighted by Crippen LogP contribution is -2.57. The third kappa shape index (κ3) is 6.58. The molecule has 7 nitrogen and oxygen atoms in total. The fourth-order valence-corrected chi connectivity index (χ4v) is 6.39. The zero-order chi connectivity index (χ0) is 25.8. The fourth-order valence-electron chi connectivity index (χ4n) is 5.37. The van der Waals surface area contributed by atoms with Gasteiger partial charge in [-0.05, 0) is 30.9 Å². The second kappa shape index (κ2) is 11.3. The van der Waals surface area contributed by atoms with Crippen molar-refractivity contribution >= 4 is 33.8 Å². The molecule has 0 aliphatic carbocycles. The maximum absolute atomic E-state index is 13.0. The number of rotatable bonds is 9. The van der Waals surface area contributed by atoms with Crippen LogP contribution in [0.4, 0.5) is 19.0 Å². The van der Waals surface area contributed by atoms with E-state index in [0.717, 1.165) is 63.2 Å². The molecular weight excluding hydrogens is 501 g/mol. The Morgan fingerprint density at radius 2 is 1.95 bits per heavy atom. The van der Waals surface area contributed by atoms with Crippen LogP contribution in [0.3, 0.4) is 0 Å². The number of nitrogens with one attached hydrogen (secondary N) is 2. The van der Waals surface area contributed by atoms with Crippen molar-refractivity contribution in [3.8, 4) is 0 Å². The predicted octanol–water partition coefficient (Wildman–Crippen LogP) is 4.06. The molecule has 11 heteroatoms. The van der Waals surface area contributed by atoms with Crippen molar-refractivity contribution in [1.82, 2.24) is 25.1 Å². The van der Waals surface area contributed by atoms with Gasteiger partial charge in [0, 0.05) is 55.7 Å². The Kier molecular flexibility index (Phi) is 7.92. The number of piperidine rings is 1. The molecular formula is C26H31F3N6OS. The van der Waals surface area contributed by atoms with Crippen LogP contribution in [0.15, 0.2) is 42.7 Å². The van der Waals surface area contributed by atoms with Crippen LogP contribution in [0.2, 0.25) is 0 Å². The highest BCUT2D eigenvalue weighted by atomic mass is 32.1. The second-order valence-corrected chi connectivity index (χ2v) is 11.0. The number of benzene rings is 1. The molecule has 2 saturated heterocycles. The molecule has 1 amide bonds. The van der Waals surface area contributed by atoms with Gasteiger partial charge in [-0.25, -0.2) is 9.97 Å². The summed E-state index contributed by atoms with van der Waals surface area (Å²) in [5, 5.41) is 7.87. The van der Waals surface area contributed by atoms with E-state index in [1.165, 1.54) is 11.9 Å². The molecule has 0 radical (unpaired) electrons. The Balaban J connectivity index is 1.32. The first kappa shape index (κ1) is 25.9. The van der Waals surface area contributed by atoms with Crippen molar-refractivity contribution in [3.63, 3.8) is 0 Å². The van der Waals surface area contributed by atoms with Crippen LogP contribution in [0, 0.1) is 0 Å². The third-order valence-corrected chi connectivity index (χ3v) is 8.24. The van der Waals surface area contributed by atoms with Crippen molar-refractivity contribution in [2.24, 2.45) is 0 Å². The number of anilines is 1. The molecule has 4 heterocycles. The number of carbonyl (C=O) groups is 1. The Morgan fingerprint density at radius 3 is 2.73 bits per heavy atom. The Bertz CT molecular complexity index is 1190. The van der Waals surface area contributed by atoms with Gasteiger partial charge in [0.2, 0.25) is 6.41 Å². The number of hydrogen-bond donors (Lipinski definition) is 2. The van der Waals surface area contributed by atoms with Crippen LogP contribution >= 0.6 is 11.3 Å². The molecule has 0 saturated carbocycles. The topological polar surface area (TPSA) is 73.4 Å². The van der Waals surface area contributed by atoms with Crippen LogP contribution in [-0.4, -0.2) is 76.7 Å². The fraction of sp³-hybridized carbons (Fsp3) is 0.500. The second-order valence-electron chi connectivity index (χ2n) is 9.86. The van der Waals surface area contributed by atoms with Gasteiger partial charge in [-0.2, -0.15) is 13.2 Å². The molecule has 3 atom stereocenters. The van der Waals surface area contributed by atoms with E-state index in [0.29, 0.717) is 22.6 Å². The largest absolute Gasteiger partial charge is 0.393 e. The van der Waals surface area contributed by atoms with E-state index in [1.807, 2.05) is 23.1 Å². The van der Waals surface area contributed by atoms with Gasteiger partial charge in [-0.3, -0.25) is 9.69 Å². The standard InChI is InChI=1S/C26H31F3N6OS/c27-26(28,29)12-20-11-21-24(31-16-32-25(21)37-20)33-22-8-10-34(14-18-5-2-1-3-6-18)15-23(22)30-13-19-7-4-9-35(19)17-36/h1-3,5-6,11,16-17,19,22-23,30H,4,7-10,12-15H2,(H,31,32,33)/t19?,22-,23-/m0/s1. The van der Waals surface area contributed by atoms with Crippen molar-refractivity contribution in [2.75, 3.05) is 31.5 Å². The van der Waals surface area contributed by atoms with Crippen molar-refractivity contribution < 1.29 is 18.0 Å². The molecule has 2 fully saturated rings. The minimum Gasteiger partial charge on any atom is -0.365 e. The minimum absolute atomic E-state index is 0.0298. The van der Waals surface area contributed by atoms with Crippen molar-refractivity contribution in [3.05, 3.63) is 53.2 Å². The van der Waals surface area contributed by atoms with Crippen LogP contribution in [0.5, 0.6) is 0 Å². The number of likely N-dealkylation sites (tertiary alicyclic amines) is 2. The van der Waals surface area contributed by atoms with Gasteiger partial charge < -0.3 is 15.5 Å². The first-order valence-electron chi connectivity index (χ1n) is 12.7. The monoisotopic (exact) mass is 532 g/mol. The van der Waals surface area contributed by atoms with Gasteiger partial charge >= 0.3 is 6.18 Å². The van der Waals surface area contributed by atoms with Crippen molar-refractivity contribution in [1.29, 1.82) is 0 Å². The molecule has 2 aliphatic heterocycles. The number of amides is 1. The predicted molar refractivity (Wildman–Crippen MR) is 139 cm³/mol. The molecule has 0 spiro atoms. The van der Waals surface area contributed by atoms with E-state index >= 15 is 0 Å². The van der Waals surface area contributed by atoms with Gasteiger partial charge in [-0.15, -0.1) is 11.3 Å². The average molecular weight is 533 g/mol. The Labute approximate surface area is 218 Å². The summed E-state index contributed by atoms with van der Waals surface area (Å²) in [4.78, 5) is 25.1. The highest BCUT2D eigenvalue weighted by Crippen LogP contribution is 2.33. The van der Waals surface area contributed by atoms with Gasteiger partial charge in [0.1, 0.15) is 17.0 Å². The summed E-state index contributed by atoms with van der Waals surface area (Å²) in [6.07, 6.45) is -0.0567. The summed E-state index contributed by atoms with van der Waals surface area (Å²) in [7, 11) is 0. The maximum Gasteiger partial charge on any atom is 0.393 e. The maximum atomic E-state index is 13.0. The van der Waals surface area contributed by atoms with Gasteiger partial charge in [0.15, 0.2) is 0 Å². The SMILES string of the molecule is O=CN1CCCC1CN[C@H]1CN(Cc2ccccc2)CC[C@@H]1Nc1ncnc2sc(CC(F)(F)F)cc12. The van der Waals surface area contributed by atoms with Crippen molar-refractivity contribution in [2.45, 2.75) is 56.5 Å². The molecule has 2 aliphatic rings. The van der Waals surface area contributed by atoms with Gasteiger partial charge in [0.25, 0.3) is 0 Å². The molecule has 1 aromatic carbocycles. The van der Waals surface area contributed by atoms with E-state index < -0.39 is 12.6 Å². The zero-order valence-corrected chi connectivity index (χ0v) is 21.3. The van der Waals surface area contributed by atoms with E-state index in [4.69, 9.17) is 0 Å². The van der Waals surface area contributed by atoms with E-state index in [2.05, 4.69) is 37.6 Å². The molecule has 37 heavy (non-hydrogen) atoms. The van der Waals surface area contributed by atoms with E-state index in [-0.39, 0.29) is 23.0 Å². The molecule has 5 rings (SSSR count). The Hall–Kier alpha value is -2.76. The summed E-state index contributed by atoms with van der Waals surface area (Å²) >= 11 is 1.06. The average Bonchev–Trinajstić information content (AvgIpc) is 3.50. The number of fused-ring (bicyclic) bond motifs is 1. The number of carbonyl (C=O) groups excluding carboxylic acids is 1. The molecule has 1 unspecified atom stereocenters. The van der Waals surface area contributed by atoms with E-state index in [1.54, 1.807) is 6.07 Å². The minimum atomic E-state index is -4.27. The summed E-state index contributed by atoms with van der Waals surface area (Å²) in [5.41, 5.74) is 1.25. The molecule has 2 N–H and O–H groups in total. The lowest BCUT2D eigenvalue weighted by Gasteiger charge is -2.40. The molecule has 3 aromatic rings. The summed E-state index contributed by atoms with van der Waals surface area (Å²) in [6, 6.07) is 12.2. The zero-order valence-electron chi connectivity index (χ0n) is 20.5. The van der Waals surface area contributed by atoms with Crippen LogP contribution in [0.1, 0.15) is 29.7 Å². The Morgan fingerprint density at radius 1 is 1.11 bits per heavy atom. The molecule has 0 bridgehead atoms. The molecule has 2 aromatic heterocycles. The number of aromatic nitrogens is 2. The highest BCUT2D eigenvalue weighted by molar-refractivity contribution is 7.18. The number of thiophene rings is 1. The third-order valence-electron chi connectivity index (χ3n) is 7.20. The molecule has 198 valence electrons. The van der Waals surface area contributed by atoms with Gasteiger partial charge in [-0.1, -0.05) is 30.3 Å². The summed E-state index contributed by atoms with van der Waals surface area (Å²) in [5.74, 6) is 0.568. The first-order chi connectivity index (χ1) is 17.9. The highest BCUT2D eigenvalue weighted by Gasteiger charge is 2.33. The number of halogens is 3. The van der Waals surface area contributed by atoms with E-state index in [9.17, 15) is 18.0 Å². The lowest BCUT2D eigenvalue weighted by atomic mass is 9.97. The number of alkyl halides is 3. The summed E-state index contributed by atoms with van der Waals surface area (Å²) < 4.78 is 38.9. The lowest BCUT2D eigenvalue weighted by molar-refractivity contribution is -0.126. The number of nitrogens with zero attached hydrogens (tertiary/aromatic N) is 4. The van der Waals surface area contributed by atoms with Gasteiger partial charge in [0.05, 0.1) is 11.8 Å². The normalized spacial score (nSPS) is 23.0.